The van der Waals surface area contributed by atoms with Crippen LogP contribution in [0.5, 0.6) is 5.75 Å². The highest BCUT2D eigenvalue weighted by Crippen LogP contribution is 2.36. The molecule has 0 saturated heterocycles. The van der Waals surface area contributed by atoms with Gasteiger partial charge in [-0.3, -0.25) is 4.79 Å². The normalized spacial score (nSPS) is 11.2. The Morgan fingerprint density at radius 2 is 2.07 bits per heavy atom. The molecule has 0 fully saturated rings. The molecule has 2 nitrogen and oxygen atoms in total. The third kappa shape index (κ3) is 2.97. The van der Waals surface area contributed by atoms with E-state index in [1.165, 1.54) is 12.1 Å². The third-order valence-corrected chi connectivity index (χ3v) is 1.75. The minimum atomic E-state index is -4.47. The first-order chi connectivity index (χ1) is 6.95. The van der Waals surface area contributed by atoms with Gasteiger partial charge in [-0.1, -0.05) is 11.6 Å². The van der Waals surface area contributed by atoms with E-state index in [2.05, 4.69) is 4.74 Å². The summed E-state index contributed by atoms with van der Waals surface area (Å²) in [5.74, 6) is -0.319. The van der Waals surface area contributed by atoms with Crippen LogP contribution in [0.3, 0.4) is 0 Å². The molecule has 1 rings (SSSR count). The molecule has 0 aliphatic heterocycles. The lowest BCUT2D eigenvalue weighted by Gasteiger charge is -2.13. The lowest BCUT2D eigenvalue weighted by molar-refractivity contribution is -0.139. The van der Waals surface area contributed by atoms with Crippen LogP contribution in [0.25, 0.3) is 0 Å². The van der Waals surface area contributed by atoms with E-state index < -0.39 is 11.7 Å². The van der Waals surface area contributed by atoms with E-state index in [0.717, 1.165) is 6.07 Å². The van der Waals surface area contributed by atoms with Gasteiger partial charge in [0.15, 0.2) is 6.29 Å². The van der Waals surface area contributed by atoms with Crippen molar-refractivity contribution >= 4 is 6.29 Å². The Kier molecular flexibility index (Phi) is 3.34. The number of rotatable bonds is 3. The van der Waals surface area contributed by atoms with Crippen molar-refractivity contribution in [2.75, 3.05) is 6.61 Å². The van der Waals surface area contributed by atoms with Crippen molar-refractivity contribution in [3.8, 4) is 5.75 Å². The lowest BCUT2D eigenvalue weighted by Crippen LogP contribution is -2.10. The number of benzene rings is 1. The van der Waals surface area contributed by atoms with Gasteiger partial charge < -0.3 is 4.74 Å². The van der Waals surface area contributed by atoms with Crippen molar-refractivity contribution < 1.29 is 22.7 Å². The van der Waals surface area contributed by atoms with Gasteiger partial charge in [-0.05, 0) is 19.1 Å². The third-order valence-electron chi connectivity index (χ3n) is 1.75. The molecule has 0 bridgehead atoms. The molecule has 0 aliphatic carbocycles. The summed E-state index contributed by atoms with van der Waals surface area (Å²) in [6, 6.07) is 3.69. The van der Waals surface area contributed by atoms with E-state index in [9.17, 15) is 18.0 Å². The van der Waals surface area contributed by atoms with Gasteiger partial charge in [-0.25, -0.2) is 0 Å². The van der Waals surface area contributed by atoms with E-state index in [-0.39, 0.29) is 12.4 Å². The van der Waals surface area contributed by atoms with Crippen LogP contribution in [-0.4, -0.2) is 12.9 Å². The van der Waals surface area contributed by atoms with Crippen molar-refractivity contribution in [3.63, 3.8) is 0 Å². The number of aryl methyl sites for hydroxylation is 1. The minimum absolute atomic E-state index is 0.319. The maximum atomic E-state index is 12.5. The van der Waals surface area contributed by atoms with Crippen LogP contribution in [0.15, 0.2) is 18.2 Å². The summed E-state index contributed by atoms with van der Waals surface area (Å²) in [6.07, 6.45) is -4.07. The molecule has 0 unspecified atom stereocenters. The summed E-state index contributed by atoms with van der Waals surface area (Å²) in [7, 11) is 0. The first-order valence-electron chi connectivity index (χ1n) is 4.19. The molecule has 0 aromatic heterocycles. The van der Waals surface area contributed by atoms with E-state index >= 15 is 0 Å². The first-order valence-corrected chi connectivity index (χ1v) is 4.19. The lowest BCUT2D eigenvalue weighted by atomic mass is 10.1. The average Bonchev–Trinajstić information content (AvgIpc) is 2.14. The first kappa shape index (κ1) is 11.6. The summed E-state index contributed by atoms with van der Waals surface area (Å²) in [6.45, 7) is 1.17. The highest BCUT2D eigenvalue weighted by molar-refractivity contribution is 5.52. The van der Waals surface area contributed by atoms with Gasteiger partial charge in [0.1, 0.15) is 12.4 Å². The predicted molar refractivity (Wildman–Crippen MR) is 47.7 cm³/mol. The molecule has 0 spiro atoms. The van der Waals surface area contributed by atoms with Gasteiger partial charge in [0.25, 0.3) is 0 Å². The molecular weight excluding hydrogens is 209 g/mol. The summed E-state index contributed by atoms with van der Waals surface area (Å²) < 4.78 is 42.1. The molecule has 0 saturated carbocycles. The number of hydrogen-bond donors (Lipinski definition) is 0. The maximum absolute atomic E-state index is 12.5. The van der Waals surface area contributed by atoms with Gasteiger partial charge in [0.2, 0.25) is 0 Å². The van der Waals surface area contributed by atoms with Crippen LogP contribution in [-0.2, 0) is 11.0 Å². The van der Waals surface area contributed by atoms with Crippen LogP contribution < -0.4 is 4.74 Å². The highest BCUT2D eigenvalue weighted by atomic mass is 19.4. The summed E-state index contributed by atoms with van der Waals surface area (Å²) in [5.41, 5.74) is -0.370. The van der Waals surface area contributed by atoms with Crippen molar-refractivity contribution in [2.24, 2.45) is 0 Å². The minimum Gasteiger partial charge on any atom is -0.486 e. The number of carbonyl (C=O) groups is 1. The zero-order valence-electron chi connectivity index (χ0n) is 7.97. The van der Waals surface area contributed by atoms with Gasteiger partial charge in [-0.2, -0.15) is 13.2 Å². The van der Waals surface area contributed by atoms with Crippen molar-refractivity contribution in [1.82, 2.24) is 0 Å². The van der Waals surface area contributed by atoms with Gasteiger partial charge in [0, 0.05) is 0 Å². The smallest absolute Gasteiger partial charge is 0.419 e. The number of halogens is 3. The summed E-state index contributed by atoms with van der Waals surface area (Å²) in [5, 5.41) is 0. The molecule has 5 heteroatoms. The van der Waals surface area contributed by atoms with Crippen LogP contribution in [0.4, 0.5) is 13.2 Å². The van der Waals surface area contributed by atoms with Gasteiger partial charge >= 0.3 is 6.18 Å². The maximum Gasteiger partial charge on any atom is 0.419 e. The standard InChI is InChI=1S/C10H9F3O2/c1-7-2-3-9(15-5-4-14)8(6-7)10(11,12)13/h2-4,6H,5H2,1H3. The molecule has 1 aromatic rings. The summed E-state index contributed by atoms with van der Waals surface area (Å²) in [4.78, 5) is 10.00. The average molecular weight is 218 g/mol. The van der Waals surface area contributed by atoms with E-state index in [4.69, 9.17) is 0 Å². The number of hydrogen-bond acceptors (Lipinski definition) is 2. The zero-order chi connectivity index (χ0) is 11.5. The number of alkyl halides is 3. The second-order valence-electron chi connectivity index (χ2n) is 2.98. The number of carbonyl (C=O) groups excluding carboxylic acids is 1. The Hall–Kier alpha value is -1.52. The second kappa shape index (κ2) is 4.33. The van der Waals surface area contributed by atoms with Crippen molar-refractivity contribution in [3.05, 3.63) is 29.3 Å². The van der Waals surface area contributed by atoms with Crippen molar-refractivity contribution in [1.29, 1.82) is 0 Å². The second-order valence-corrected chi connectivity index (χ2v) is 2.98. The van der Waals surface area contributed by atoms with Crippen LogP contribution in [0, 0.1) is 6.92 Å². The van der Waals surface area contributed by atoms with Crippen LogP contribution in [0.1, 0.15) is 11.1 Å². The van der Waals surface area contributed by atoms with E-state index in [1.807, 2.05) is 0 Å². The van der Waals surface area contributed by atoms with Crippen LogP contribution in [0.2, 0.25) is 0 Å². The van der Waals surface area contributed by atoms with Crippen LogP contribution >= 0.6 is 0 Å². The molecule has 0 amide bonds. The largest absolute Gasteiger partial charge is 0.486 e. The fraction of sp³-hybridized carbons (Fsp3) is 0.300. The number of aldehydes is 1. The topological polar surface area (TPSA) is 26.3 Å². The Morgan fingerprint density at radius 1 is 1.40 bits per heavy atom. The number of ether oxygens (including phenoxy) is 1. The Morgan fingerprint density at radius 3 is 2.60 bits per heavy atom. The van der Waals surface area contributed by atoms with E-state index in [0.29, 0.717) is 11.8 Å². The molecule has 1 aromatic carbocycles. The summed E-state index contributed by atoms with van der Waals surface area (Å²) >= 11 is 0. The van der Waals surface area contributed by atoms with E-state index in [1.54, 1.807) is 6.92 Å². The molecule has 0 N–H and O–H groups in total. The molecule has 82 valence electrons. The van der Waals surface area contributed by atoms with Gasteiger partial charge in [-0.15, -0.1) is 0 Å². The molecule has 0 heterocycles. The van der Waals surface area contributed by atoms with Gasteiger partial charge in [0.05, 0.1) is 5.56 Å². The Balaban J connectivity index is 3.09. The fourth-order valence-electron chi connectivity index (χ4n) is 1.12. The SMILES string of the molecule is Cc1ccc(OCC=O)c(C(F)(F)F)c1. The monoisotopic (exact) mass is 218 g/mol. The zero-order valence-corrected chi connectivity index (χ0v) is 7.97. The van der Waals surface area contributed by atoms with Crippen molar-refractivity contribution in [2.45, 2.75) is 13.1 Å². The molecule has 0 aliphatic rings. The Labute approximate surface area is 84.7 Å². The fourth-order valence-corrected chi connectivity index (χ4v) is 1.12. The quantitative estimate of drug-likeness (QED) is 0.729. The molecule has 0 atom stereocenters. The molecule has 0 radical (unpaired) electrons. The Bertz CT molecular complexity index is 358. The molecular formula is C10H9F3O2. The highest BCUT2D eigenvalue weighted by Gasteiger charge is 2.34. The predicted octanol–water partition coefficient (Wildman–Crippen LogP) is 2.59. The molecule has 15 heavy (non-hydrogen) atoms.